The normalized spacial score (nSPS) is 20.0. The summed E-state index contributed by atoms with van der Waals surface area (Å²) in [5.74, 6) is 2.17. The van der Waals surface area contributed by atoms with Crippen molar-refractivity contribution in [3.8, 4) is 0 Å². The largest absolute Gasteiger partial charge is 0.361 e. The molecule has 2 aromatic heterocycles. The number of rotatable bonds is 7. The summed E-state index contributed by atoms with van der Waals surface area (Å²) in [6.07, 6.45) is 5.64. The minimum atomic E-state index is 0.460. The number of anilines is 1. The van der Waals surface area contributed by atoms with Crippen LogP contribution in [0.4, 0.5) is 10.8 Å². The van der Waals surface area contributed by atoms with E-state index in [0.717, 1.165) is 41.5 Å². The smallest absolute Gasteiger partial charge is 0.183 e. The average molecular weight is 448 g/mol. The molecule has 2 unspecified atom stereocenters. The van der Waals surface area contributed by atoms with Crippen LogP contribution in [-0.4, -0.2) is 32.3 Å². The number of nitrogens with zero attached hydrogens (tertiary/aromatic N) is 3. The molecule has 0 bridgehead atoms. The molecule has 31 heavy (non-hydrogen) atoms. The number of nitrogens with one attached hydrogen (secondary N) is 2. The van der Waals surface area contributed by atoms with Gasteiger partial charge in [0, 0.05) is 30.1 Å². The summed E-state index contributed by atoms with van der Waals surface area (Å²) in [6.45, 7) is 3.14. The summed E-state index contributed by atoms with van der Waals surface area (Å²) in [5.41, 5.74) is 4.62. The van der Waals surface area contributed by atoms with Crippen LogP contribution < -0.4 is 5.32 Å². The van der Waals surface area contributed by atoms with Crippen LogP contribution in [0.15, 0.2) is 66.0 Å². The van der Waals surface area contributed by atoms with Gasteiger partial charge >= 0.3 is 0 Å². The Hall–Kier alpha value is -2.64. The van der Waals surface area contributed by atoms with Crippen LogP contribution in [0.2, 0.25) is 0 Å². The summed E-state index contributed by atoms with van der Waals surface area (Å²) in [4.78, 5) is 17.1. The molecule has 0 spiro atoms. The highest BCUT2D eigenvalue weighted by Gasteiger charge is 2.30. The van der Waals surface area contributed by atoms with Crippen LogP contribution in [0.25, 0.3) is 10.2 Å². The fraction of sp³-hybridized carbons (Fsp3) is 0.292. The number of hydrogen-bond acceptors (Lipinski definition) is 6. The van der Waals surface area contributed by atoms with E-state index in [4.69, 9.17) is 4.99 Å². The predicted molar refractivity (Wildman–Crippen MR) is 133 cm³/mol. The highest BCUT2D eigenvalue weighted by Crippen LogP contribution is 2.36. The topological polar surface area (TPSA) is 66.0 Å². The van der Waals surface area contributed by atoms with E-state index in [1.54, 1.807) is 17.7 Å². The SMILES string of the molecule is CC1C(=Nc2ccccc2CCNc2nc3ccccc3s2)SCC1Cc1cnc[nH]1. The Morgan fingerprint density at radius 2 is 2.03 bits per heavy atom. The van der Waals surface area contributed by atoms with Crippen LogP contribution >= 0.6 is 23.1 Å². The maximum Gasteiger partial charge on any atom is 0.183 e. The van der Waals surface area contributed by atoms with Gasteiger partial charge in [0.25, 0.3) is 0 Å². The third-order valence-electron chi connectivity index (χ3n) is 5.77. The molecule has 1 aliphatic rings. The van der Waals surface area contributed by atoms with Gasteiger partial charge in [-0.1, -0.05) is 48.6 Å². The number of H-pyrrole nitrogens is 1. The first-order valence-electron chi connectivity index (χ1n) is 10.6. The molecule has 0 amide bonds. The maximum absolute atomic E-state index is 5.09. The molecule has 2 atom stereocenters. The third kappa shape index (κ3) is 4.67. The number of thioether (sulfide) groups is 1. The molecule has 1 saturated heterocycles. The highest BCUT2D eigenvalue weighted by atomic mass is 32.2. The van der Waals surface area contributed by atoms with Crippen molar-refractivity contribution in [1.29, 1.82) is 0 Å². The van der Waals surface area contributed by atoms with E-state index in [2.05, 4.69) is 69.7 Å². The molecule has 4 aromatic rings. The lowest BCUT2D eigenvalue weighted by atomic mass is 9.93. The van der Waals surface area contributed by atoms with Gasteiger partial charge in [0.05, 0.1) is 27.3 Å². The van der Waals surface area contributed by atoms with Gasteiger partial charge in [-0.05, 0) is 42.5 Å². The number of thiazole rings is 1. The molecular weight excluding hydrogens is 422 g/mol. The fourth-order valence-electron chi connectivity index (χ4n) is 3.92. The molecule has 0 radical (unpaired) electrons. The van der Waals surface area contributed by atoms with E-state index in [9.17, 15) is 0 Å². The Balaban J connectivity index is 1.24. The van der Waals surface area contributed by atoms with Gasteiger partial charge in [0.1, 0.15) is 0 Å². The lowest BCUT2D eigenvalue weighted by Gasteiger charge is -2.13. The quantitative estimate of drug-likeness (QED) is 0.368. The number of para-hydroxylation sites is 2. The molecule has 1 fully saturated rings. The molecule has 2 aromatic carbocycles. The summed E-state index contributed by atoms with van der Waals surface area (Å²) in [5, 5.41) is 5.71. The van der Waals surface area contributed by atoms with Crippen molar-refractivity contribution in [3.05, 3.63) is 72.3 Å². The van der Waals surface area contributed by atoms with Gasteiger partial charge in [-0.25, -0.2) is 15.0 Å². The molecule has 158 valence electrons. The first kappa shape index (κ1) is 20.3. The molecule has 0 saturated carbocycles. The van der Waals surface area contributed by atoms with Crippen LogP contribution in [0.5, 0.6) is 0 Å². The van der Waals surface area contributed by atoms with Gasteiger partial charge in [0.15, 0.2) is 5.13 Å². The Labute approximate surface area is 190 Å². The standard InChI is InChI=1S/C24H25N5S2/c1-16-18(12-19-13-25-15-27-19)14-30-23(16)28-20-7-3-2-6-17(20)10-11-26-24-29-21-8-4-5-9-22(21)31-24/h2-9,13,15-16,18H,10-12,14H2,1H3,(H,25,27)(H,26,29). The van der Waals surface area contributed by atoms with Gasteiger partial charge in [0.2, 0.25) is 0 Å². The summed E-state index contributed by atoms with van der Waals surface area (Å²) >= 11 is 3.60. The second-order valence-electron chi connectivity index (χ2n) is 7.88. The number of aromatic amines is 1. The van der Waals surface area contributed by atoms with Crippen molar-refractivity contribution < 1.29 is 0 Å². The molecule has 5 nitrogen and oxygen atoms in total. The number of aliphatic imine (C=N–C) groups is 1. The lowest BCUT2D eigenvalue weighted by molar-refractivity contribution is 0.501. The van der Waals surface area contributed by atoms with Crippen molar-refractivity contribution >= 4 is 49.2 Å². The zero-order valence-corrected chi connectivity index (χ0v) is 19.0. The average Bonchev–Trinajstić information content (AvgIpc) is 3.52. The molecule has 3 heterocycles. The molecule has 7 heteroatoms. The first-order valence-corrected chi connectivity index (χ1v) is 12.4. The molecule has 2 N–H and O–H groups in total. The molecule has 5 rings (SSSR count). The van der Waals surface area contributed by atoms with Crippen molar-refractivity contribution in [1.82, 2.24) is 15.0 Å². The Kier molecular flexibility index (Phi) is 6.04. The second-order valence-corrected chi connectivity index (χ2v) is 9.95. The van der Waals surface area contributed by atoms with Crippen molar-refractivity contribution in [2.75, 3.05) is 17.6 Å². The minimum Gasteiger partial charge on any atom is -0.361 e. The van der Waals surface area contributed by atoms with E-state index in [1.165, 1.54) is 21.0 Å². The van der Waals surface area contributed by atoms with Gasteiger partial charge < -0.3 is 10.3 Å². The molecule has 1 aliphatic heterocycles. The summed E-state index contributed by atoms with van der Waals surface area (Å²) in [6, 6.07) is 16.8. The number of fused-ring (bicyclic) bond motifs is 1. The van der Waals surface area contributed by atoms with Crippen molar-refractivity contribution in [3.63, 3.8) is 0 Å². The van der Waals surface area contributed by atoms with Gasteiger partial charge in [-0.2, -0.15) is 0 Å². The number of benzene rings is 2. The van der Waals surface area contributed by atoms with E-state index in [1.807, 2.05) is 24.0 Å². The Morgan fingerprint density at radius 1 is 1.16 bits per heavy atom. The summed E-state index contributed by atoms with van der Waals surface area (Å²) < 4.78 is 1.22. The van der Waals surface area contributed by atoms with Crippen molar-refractivity contribution in [2.45, 2.75) is 19.8 Å². The minimum absolute atomic E-state index is 0.460. The van der Waals surface area contributed by atoms with Gasteiger partial charge in [-0.15, -0.1) is 11.8 Å². The first-order chi connectivity index (χ1) is 15.3. The molecule has 0 aliphatic carbocycles. The number of imidazole rings is 1. The second kappa shape index (κ2) is 9.24. The Bertz CT molecular complexity index is 1150. The van der Waals surface area contributed by atoms with Crippen LogP contribution in [0.1, 0.15) is 18.2 Å². The predicted octanol–water partition coefficient (Wildman–Crippen LogP) is 5.95. The maximum atomic E-state index is 5.09. The zero-order chi connectivity index (χ0) is 21.0. The van der Waals surface area contributed by atoms with E-state index < -0.39 is 0 Å². The lowest BCUT2D eigenvalue weighted by Crippen LogP contribution is -2.14. The van der Waals surface area contributed by atoms with E-state index in [-0.39, 0.29) is 0 Å². The number of aromatic nitrogens is 3. The third-order valence-corrected chi connectivity index (χ3v) is 8.11. The monoisotopic (exact) mass is 447 g/mol. The highest BCUT2D eigenvalue weighted by molar-refractivity contribution is 8.14. The van der Waals surface area contributed by atoms with Crippen molar-refractivity contribution in [2.24, 2.45) is 16.8 Å². The fourth-order valence-corrected chi connectivity index (χ4v) is 6.22. The van der Waals surface area contributed by atoms with E-state index in [0.29, 0.717) is 11.8 Å². The van der Waals surface area contributed by atoms with Crippen LogP contribution in [-0.2, 0) is 12.8 Å². The van der Waals surface area contributed by atoms with E-state index >= 15 is 0 Å². The van der Waals surface area contributed by atoms with Crippen LogP contribution in [0, 0.1) is 11.8 Å². The molecular formula is C24H25N5S2. The Morgan fingerprint density at radius 3 is 2.90 bits per heavy atom. The number of hydrogen-bond donors (Lipinski definition) is 2. The van der Waals surface area contributed by atoms with Crippen LogP contribution in [0.3, 0.4) is 0 Å². The summed E-state index contributed by atoms with van der Waals surface area (Å²) in [7, 11) is 0. The van der Waals surface area contributed by atoms with Gasteiger partial charge in [-0.3, -0.25) is 0 Å². The zero-order valence-electron chi connectivity index (χ0n) is 17.4.